The Labute approximate surface area is 114 Å². The largest absolute Gasteiger partial charge is 0.396 e. The molecule has 0 spiro atoms. The Morgan fingerprint density at radius 3 is 2.84 bits per heavy atom. The molecule has 0 saturated heterocycles. The summed E-state index contributed by atoms with van der Waals surface area (Å²) in [7, 11) is 4.17. The fourth-order valence-electron chi connectivity index (χ4n) is 2.13. The number of rotatable bonds is 5. The van der Waals surface area contributed by atoms with E-state index in [4.69, 9.17) is 5.73 Å². The summed E-state index contributed by atoms with van der Waals surface area (Å²) in [6.07, 6.45) is 2.81. The molecule has 3 N–H and O–H groups in total. The van der Waals surface area contributed by atoms with Crippen molar-refractivity contribution < 1.29 is 0 Å². The molecule has 1 aromatic heterocycles. The Morgan fingerprint density at radius 2 is 2.11 bits per heavy atom. The van der Waals surface area contributed by atoms with Gasteiger partial charge in [0.1, 0.15) is 0 Å². The van der Waals surface area contributed by atoms with Crippen molar-refractivity contribution in [2.75, 3.05) is 38.2 Å². The average molecular weight is 258 g/mol. The molecule has 19 heavy (non-hydrogen) atoms. The maximum Gasteiger partial charge on any atom is 0.0743 e. The molecule has 0 atom stereocenters. The number of aryl methyl sites for hydroxylation is 1. The minimum Gasteiger partial charge on any atom is -0.396 e. The smallest absolute Gasteiger partial charge is 0.0743 e. The van der Waals surface area contributed by atoms with E-state index in [2.05, 4.69) is 48.4 Å². The van der Waals surface area contributed by atoms with Crippen molar-refractivity contribution in [2.24, 2.45) is 0 Å². The van der Waals surface area contributed by atoms with Gasteiger partial charge in [0.25, 0.3) is 0 Å². The third-order valence-corrected chi connectivity index (χ3v) is 3.14. The van der Waals surface area contributed by atoms with Crippen LogP contribution in [0.3, 0.4) is 0 Å². The summed E-state index contributed by atoms with van der Waals surface area (Å²) in [5.74, 6) is 0. The van der Waals surface area contributed by atoms with Gasteiger partial charge in [-0.1, -0.05) is 11.6 Å². The number of nitrogens with one attached hydrogen (secondary N) is 1. The lowest BCUT2D eigenvalue weighted by molar-refractivity contribution is 0.405. The van der Waals surface area contributed by atoms with Crippen molar-refractivity contribution in [1.29, 1.82) is 0 Å². The third-order valence-electron chi connectivity index (χ3n) is 3.14. The highest BCUT2D eigenvalue weighted by atomic mass is 15.1. The second-order valence-electron chi connectivity index (χ2n) is 5.19. The van der Waals surface area contributed by atoms with E-state index in [1.54, 1.807) is 6.20 Å². The first-order chi connectivity index (χ1) is 9.08. The minimum absolute atomic E-state index is 0.711. The Balaban J connectivity index is 2.20. The summed E-state index contributed by atoms with van der Waals surface area (Å²) in [6, 6.07) is 6.24. The van der Waals surface area contributed by atoms with Crippen LogP contribution in [-0.4, -0.2) is 37.1 Å². The first kappa shape index (κ1) is 13.6. The van der Waals surface area contributed by atoms with Crippen molar-refractivity contribution in [3.63, 3.8) is 0 Å². The Morgan fingerprint density at radius 1 is 1.32 bits per heavy atom. The molecule has 0 fully saturated rings. The maximum atomic E-state index is 6.04. The Bertz CT molecular complexity index is 558. The van der Waals surface area contributed by atoms with Gasteiger partial charge in [-0.2, -0.15) is 0 Å². The van der Waals surface area contributed by atoms with Gasteiger partial charge in [0.2, 0.25) is 0 Å². The number of aromatic nitrogens is 1. The van der Waals surface area contributed by atoms with Gasteiger partial charge in [0.05, 0.1) is 23.1 Å². The zero-order chi connectivity index (χ0) is 13.8. The molecule has 0 bridgehead atoms. The van der Waals surface area contributed by atoms with Crippen LogP contribution < -0.4 is 11.1 Å². The molecule has 2 aromatic rings. The highest BCUT2D eigenvalue weighted by Crippen LogP contribution is 2.28. The highest BCUT2D eigenvalue weighted by Gasteiger charge is 2.06. The molecule has 0 saturated carbocycles. The molecule has 1 heterocycles. The number of nitrogens with zero attached hydrogens (tertiary/aromatic N) is 2. The number of hydrogen-bond donors (Lipinski definition) is 2. The lowest BCUT2D eigenvalue weighted by Gasteiger charge is -2.14. The fraction of sp³-hybridized carbons (Fsp3) is 0.400. The van der Waals surface area contributed by atoms with E-state index in [0.717, 1.165) is 36.1 Å². The summed E-state index contributed by atoms with van der Waals surface area (Å²) in [6.45, 7) is 4.06. The van der Waals surface area contributed by atoms with E-state index >= 15 is 0 Å². The van der Waals surface area contributed by atoms with Crippen LogP contribution in [0.25, 0.3) is 10.9 Å². The van der Waals surface area contributed by atoms with Gasteiger partial charge in [-0.3, -0.25) is 4.98 Å². The predicted molar refractivity (Wildman–Crippen MR) is 82.6 cm³/mol. The molecule has 4 heteroatoms. The molecule has 0 aliphatic carbocycles. The van der Waals surface area contributed by atoms with E-state index < -0.39 is 0 Å². The predicted octanol–water partition coefficient (Wildman–Crippen LogP) is 2.49. The number of pyridine rings is 1. The summed E-state index contributed by atoms with van der Waals surface area (Å²) < 4.78 is 0. The van der Waals surface area contributed by atoms with Crippen LogP contribution in [0, 0.1) is 6.92 Å². The van der Waals surface area contributed by atoms with Crippen LogP contribution >= 0.6 is 0 Å². The number of nitrogen functional groups attached to an aromatic ring is 1. The topological polar surface area (TPSA) is 54.2 Å². The van der Waals surface area contributed by atoms with E-state index in [1.807, 2.05) is 6.07 Å². The maximum absolute atomic E-state index is 6.04. The zero-order valence-corrected chi connectivity index (χ0v) is 11.9. The number of benzene rings is 1. The van der Waals surface area contributed by atoms with Crippen molar-refractivity contribution in [1.82, 2.24) is 9.88 Å². The van der Waals surface area contributed by atoms with Gasteiger partial charge >= 0.3 is 0 Å². The highest BCUT2D eigenvalue weighted by molar-refractivity contribution is 5.97. The van der Waals surface area contributed by atoms with Crippen LogP contribution in [0.5, 0.6) is 0 Å². The van der Waals surface area contributed by atoms with Crippen LogP contribution in [0.15, 0.2) is 24.4 Å². The van der Waals surface area contributed by atoms with E-state index in [9.17, 15) is 0 Å². The van der Waals surface area contributed by atoms with Crippen molar-refractivity contribution in [3.05, 3.63) is 30.0 Å². The first-order valence-electron chi connectivity index (χ1n) is 6.61. The second-order valence-corrected chi connectivity index (χ2v) is 5.19. The van der Waals surface area contributed by atoms with Crippen LogP contribution in [0.4, 0.5) is 11.4 Å². The number of hydrogen-bond acceptors (Lipinski definition) is 4. The van der Waals surface area contributed by atoms with Gasteiger partial charge in [-0.25, -0.2) is 0 Å². The number of anilines is 2. The van der Waals surface area contributed by atoms with Gasteiger partial charge in [-0.05, 0) is 46.1 Å². The summed E-state index contributed by atoms with van der Waals surface area (Å²) in [5.41, 5.74) is 9.96. The molecule has 2 rings (SSSR count). The normalized spacial score (nSPS) is 11.2. The lowest BCUT2D eigenvalue weighted by Crippen LogP contribution is -2.16. The van der Waals surface area contributed by atoms with Crippen molar-refractivity contribution in [2.45, 2.75) is 13.3 Å². The second kappa shape index (κ2) is 5.89. The zero-order valence-electron chi connectivity index (χ0n) is 11.9. The monoisotopic (exact) mass is 258 g/mol. The SMILES string of the molecule is Cc1ccc2ncc(N)c(NCCCN(C)C)c2c1. The van der Waals surface area contributed by atoms with Gasteiger partial charge in [-0.15, -0.1) is 0 Å². The molecule has 0 radical (unpaired) electrons. The molecule has 0 amide bonds. The number of fused-ring (bicyclic) bond motifs is 1. The Kier molecular flexibility index (Phi) is 4.22. The Hall–Kier alpha value is -1.81. The van der Waals surface area contributed by atoms with Gasteiger partial charge in [0, 0.05) is 11.9 Å². The third kappa shape index (κ3) is 3.35. The van der Waals surface area contributed by atoms with Crippen molar-refractivity contribution in [3.8, 4) is 0 Å². The van der Waals surface area contributed by atoms with E-state index in [-0.39, 0.29) is 0 Å². The lowest BCUT2D eigenvalue weighted by atomic mass is 10.1. The standard InChI is InChI=1S/C15H22N4/c1-11-5-6-14-12(9-11)15(13(16)10-18-14)17-7-4-8-19(2)3/h5-6,9-10H,4,7-8,16H2,1-3H3,(H,17,18). The quantitative estimate of drug-likeness (QED) is 0.809. The van der Waals surface area contributed by atoms with Crippen LogP contribution in [-0.2, 0) is 0 Å². The molecule has 4 nitrogen and oxygen atoms in total. The van der Waals surface area contributed by atoms with E-state index in [0.29, 0.717) is 5.69 Å². The first-order valence-corrected chi connectivity index (χ1v) is 6.61. The molecular weight excluding hydrogens is 236 g/mol. The fourth-order valence-corrected chi connectivity index (χ4v) is 2.13. The summed E-state index contributed by atoms with van der Waals surface area (Å²) in [5, 5.41) is 4.55. The average Bonchev–Trinajstić information content (AvgIpc) is 2.36. The molecule has 1 aromatic carbocycles. The van der Waals surface area contributed by atoms with Gasteiger partial charge in [0.15, 0.2) is 0 Å². The van der Waals surface area contributed by atoms with Crippen molar-refractivity contribution >= 4 is 22.3 Å². The summed E-state index contributed by atoms with van der Waals surface area (Å²) in [4.78, 5) is 6.55. The van der Waals surface area contributed by atoms with Crippen LogP contribution in [0.1, 0.15) is 12.0 Å². The summed E-state index contributed by atoms with van der Waals surface area (Å²) >= 11 is 0. The number of nitrogens with two attached hydrogens (primary N) is 1. The van der Waals surface area contributed by atoms with Gasteiger partial charge < -0.3 is 16.0 Å². The molecule has 0 aliphatic rings. The molecule has 0 unspecified atom stereocenters. The van der Waals surface area contributed by atoms with E-state index in [1.165, 1.54) is 5.56 Å². The van der Waals surface area contributed by atoms with Crippen LogP contribution in [0.2, 0.25) is 0 Å². The minimum atomic E-state index is 0.711. The molecular formula is C15H22N4. The molecule has 0 aliphatic heterocycles. The molecule has 102 valence electrons.